The molecule has 0 saturated carbocycles. The zero-order valence-corrected chi connectivity index (χ0v) is 17.4. The molecule has 1 fully saturated rings. The number of likely N-dealkylation sites (tertiary alicyclic amines) is 1. The molecule has 0 aliphatic carbocycles. The van der Waals surface area contributed by atoms with E-state index < -0.39 is 5.60 Å². The number of nitrogens with zero attached hydrogens (tertiary/aromatic N) is 3. The lowest BCUT2D eigenvalue weighted by Gasteiger charge is -2.33. The number of nitrogens with two attached hydrogens (primary N) is 1. The largest absolute Gasteiger partial charge is 0.444 e. The van der Waals surface area contributed by atoms with E-state index in [-0.39, 0.29) is 6.09 Å². The van der Waals surface area contributed by atoms with Crippen molar-refractivity contribution in [1.29, 1.82) is 0 Å². The Bertz CT molecular complexity index is 814. The van der Waals surface area contributed by atoms with Crippen molar-refractivity contribution in [3.63, 3.8) is 0 Å². The number of nitrogen functional groups attached to an aromatic ring is 1. The maximum Gasteiger partial charge on any atom is 0.410 e. The quantitative estimate of drug-likeness (QED) is 0.796. The second-order valence-corrected chi connectivity index (χ2v) is 8.63. The van der Waals surface area contributed by atoms with Crippen LogP contribution in [0.4, 0.5) is 10.5 Å². The maximum atomic E-state index is 12.2. The predicted molar refractivity (Wildman–Crippen MR) is 112 cm³/mol. The second kappa shape index (κ2) is 8.25. The molecule has 6 heteroatoms. The molecule has 1 aromatic heterocycles. The third kappa shape index (κ3) is 5.06. The molecule has 0 bridgehead atoms. The number of benzene rings is 1. The van der Waals surface area contributed by atoms with Gasteiger partial charge in [0.2, 0.25) is 0 Å². The molecule has 0 unspecified atom stereocenters. The minimum absolute atomic E-state index is 0.206. The smallest absolute Gasteiger partial charge is 0.410 e. The van der Waals surface area contributed by atoms with Crippen molar-refractivity contribution in [2.75, 3.05) is 18.8 Å². The van der Waals surface area contributed by atoms with Gasteiger partial charge in [-0.05, 0) is 69.2 Å². The first kappa shape index (κ1) is 20.2. The van der Waals surface area contributed by atoms with Gasteiger partial charge in [0.25, 0.3) is 0 Å². The van der Waals surface area contributed by atoms with Gasteiger partial charge < -0.3 is 15.4 Å². The van der Waals surface area contributed by atoms with Crippen molar-refractivity contribution in [3.05, 3.63) is 36.2 Å². The summed E-state index contributed by atoms with van der Waals surface area (Å²) in [6, 6.07) is 6.17. The Morgan fingerprint density at radius 2 is 1.96 bits per heavy atom. The number of amides is 1. The van der Waals surface area contributed by atoms with Crippen LogP contribution < -0.4 is 5.73 Å². The number of rotatable bonds is 4. The van der Waals surface area contributed by atoms with E-state index in [1.165, 1.54) is 5.56 Å². The SMILES string of the molecule is CCc1cc(-c2cnn(CC3CCN(C(=O)OC(C)(C)C)CC3)c2)ccc1N. The molecule has 2 aromatic rings. The van der Waals surface area contributed by atoms with Gasteiger partial charge in [0.1, 0.15) is 5.60 Å². The highest BCUT2D eigenvalue weighted by molar-refractivity contribution is 5.68. The van der Waals surface area contributed by atoms with Gasteiger partial charge in [0.05, 0.1) is 6.20 Å². The predicted octanol–water partition coefficient (Wildman–Crippen LogP) is 4.34. The van der Waals surface area contributed by atoms with E-state index in [2.05, 4.69) is 30.4 Å². The Kier molecular flexibility index (Phi) is 5.96. The highest BCUT2D eigenvalue weighted by Crippen LogP contribution is 2.25. The summed E-state index contributed by atoms with van der Waals surface area (Å²) in [6.45, 7) is 10.2. The Hall–Kier alpha value is -2.50. The fourth-order valence-corrected chi connectivity index (χ4v) is 3.59. The van der Waals surface area contributed by atoms with Crippen molar-refractivity contribution in [2.45, 2.75) is 59.1 Å². The Balaban J connectivity index is 1.56. The van der Waals surface area contributed by atoms with Crippen LogP contribution in [0.15, 0.2) is 30.6 Å². The fourth-order valence-electron chi connectivity index (χ4n) is 3.59. The first-order valence-electron chi connectivity index (χ1n) is 10.1. The molecule has 2 heterocycles. The molecule has 1 aliphatic rings. The molecule has 152 valence electrons. The average Bonchev–Trinajstić information content (AvgIpc) is 3.10. The van der Waals surface area contributed by atoms with Gasteiger partial charge in [0.15, 0.2) is 0 Å². The van der Waals surface area contributed by atoms with Gasteiger partial charge in [-0.25, -0.2) is 4.79 Å². The summed E-state index contributed by atoms with van der Waals surface area (Å²) in [5, 5.41) is 4.55. The Morgan fingerprint density at radius 3 is 2.61 bits per heavy atom. The maximum absolute atomic E-state index is 12.2. The monoisotopic (exact) mass is 384 g/mol. The highest BCUT2D eigenvalue weighted by atomic mass is 16.6. The number of aryl methyl sites for hydroxylation is 1. The lowest BCUT2D eigenvalue weighted by Crippen LogP contribution is -2.42. The molecule has 1 amide bonds. The van der Waals surface area contributed by atoms with Crippen LogP contribution >= 0.6 is 0 Å². The van der Waals surface area contributed by atoms with E-state index >= 15 is 0 Å². The van der Waals surface area contributed by atoms with Gasteiger partial charge in [-0.15, -0.1) is 0 Å². The molecule has 1 saturated heterocycles. The van der Waals surface area contributed by atoms with E-state index in [1.807, 2.05) is 42.6 Å². The molecule has 0 atom stereocenters. The number of aromatic nitrogens is 2. The van der Waals surface area contributed by atoms with Crippen molar-refractivity contribution in [3.8, 4) is 11.1 Å². The number of piperidine rings is 1. The fraction of sp³-hybridized carbons (Fsp3) is 0.545. The number of hydrogen-bond donors (Lipinski definition) is 1. The molecule has 3 rings (SSSR count). The van der Waals surface area contributed by atoms with E-state index in [4.69, 9.17) is 10.5 Å². The molecule has 28 heavy (non-hydrogen) atoms. The second-order valence-electron chi connectivity index (χ2n) is 8.63. The van der Waals surface area contributed by atoms with E-state index in [9.17, 15) is 4.79 Å². The normalized spacial score (nSPS) is 15.6. The summed E-state index contributed by atoms with van der Waals surface area (Å²) in [6.07, 6.45) is 6.67. The van der Waals surface area contributed by atoms with Crippen molar-refractivity contribution >= 4 is 11.8 Å². The zero-order chi connectivity index (χ0) is 20.3. The van der Waals surface area contributed by atoms with Crippen LogP contribution in [0.5, 0.6) is 0 Å². The number of ether oxygens (including phenoxy) is 1. The number of hydrogen-bond acceptors (Lipinski definition) is 4. The third-order valence-corrected chi connectivity index (χ3v) is 5.20. The van der Waals surface area contributed by atoms with Crippen LogP contribution in [0, 0.1) is 5.92 Å². The van der Waals surface area contributed by atoms with Crippen molar-refractivity contribution in [2.24, 2.45) is 5.92 Å². The van der Waals surface area contributed by atoms with Gasteiger partial charge in [-0.2, -0.15) is 5.10 Å². The third-order valence-electron chi connectivity index (χ3n) is 5.20. The summed E-state index contributed by atoms with van der Waals surface area (Å²) in [5.41, 5.74) is 9.84. The first-order chi connectivity index (χ1) is 13.2. The van der Waals surface area contributed by atoms with E-state index in [0.717, 1.165) is 55.7 Å². The lowest BCUT2D eigenvalue weighted by molar-refractivity contribution is 0.0177. The van der Waals surface area contributed by atoms with Gasteiger partial charge in [-0.1, -0.05) is 13.0 Å². The molecule has 1 aliphatic heterocycles. The van der Waals surface area contributed by atoms with Crippen LogP contribution in [-0.4, -0.2) is 39.5 Å². The van der Waals surface area contributed by atoms with Crippen LogP contribution in [0.25, 0.3) is 11.1 Å². The first-order valence-corrected chi connectivity index (χ1v) is 10.1. The van der Waals surface area contributed by atoms with Crippen LogP contribution in [0.3, 0.4) is 0 Å². The summed E-state index contributed by atoms with van der Waals surface area (Å²) in [5.74, 6) is 0.518. The molecule has 1 aromatic carbocycles. The van der Waals surface area contributed by atoms with Crippen molar-refractivity contribution < 1.29 is 9.53 Å². The minimum Gasteiger partial charge on any atom is -0.444 e. The summed E-state index contributed by atoms with van der Waals surface area (Å²) in [7, 11) is 0. The molecular weight excluding hydrogens is 352 g/mol. The van der Waals surface area contributed by atoms with Crippen LogP contribution in [0.2, 0.25) is 0 Å². The Labute approximate surface area is 167 Å². The van der Waals surface area contributed by atoms with Gasteiger partial charge in [-0.3, -0.25) is 4.68 Å². The van der Waals surface area contributed by atoms with Crippen LogP contribution in [-0.2, 0) is 17.7 Å². The molecule has 6 nitrogen and oxygen atoms in total. The number of carbonyl (C=O) groups is 1. The summed E-state index contributed by atoms with van der Waals surface area (Å²) < 4.78 is 7.49. The summed E-state index contributed by atoms with van der Waals surface area (Å²) in [4.78, 5) is 14.0. The summed E-state index contributed by atoms with van der Waals surface area (Å²) >= 11 is 0. The number of anilines is 1. The van der Waals surface area contributed by atoms with E-state index in [1.54, 1.807) is 0 Å². The molecule has 0 spiro atoms. The standard InChI is InChI=1S/C22H32N4O2/c1-5-17-12-18(6-7-20(17)23)19-13-24-26(15-19)14-16-8-10-25(11-9-16)21(27)28-22(2,3)4/h6-7,12-13,15-16H,5,8-11,14,23H2,1-4H3. The topological polar surface area (TPSA) is 73.4 Å². The molecule has 0 radical (unpaired) electrons. The highest BCUT2D eigenvalue weighted by Gasteiger charge is 2.27. The zero-order valence-electron chi connectivity index (χ0n) is 17.4. The lowest BCUT2D eigenvalue weighted by atomic mass is 9.97. The van der Waals surface area contributed by atoms with Crippen molar-refractivity contribution in [1.82, 2.24) is 14.7 Å². The van der Waals surface area contributed by atoms with Crippen LogP contribution in [0.1, 0.15) is 46.1 Å². The molecular formula is C22H32N4O2. The minimum atomic E-state index is -0.445. The number of carbonyl (C=O) groups excluding carboxylic acids is 1. The van der Waals surface area contributed by atoms with Gasteiger partial charge >= 0.3 is 6.09 Å². The van der Waals surface area contributed by atoms with Gasteiger partial charge in [0, 0.05) is 37.1 Å². The Morgan fingerprint density at radius 1 is 1.25 bits per heavy atom. The average molecular weight is 385 g/mol. The van der Waals surface area contributed by atoms with E-state index in [0.29, 0.717) is 5.92 Å². The molecule has 2 N–H and O–H groups in total.